The van der Waals surface area contributed by atoms with E-state index in [1.54, 1.807) is 13.8 Å². The maximum absolute atomic E-state index is 12.5. The number of nitrogens with one attached hydrogen (secondary N) is 1. The Morgan fingerprint density at radius 3 is 2.76 bits per heavy atom. The van der Waals surface area contributed by atoms with Crippen LogP contribution in [0.1, 0.15) is 29.9 Å². The van der Waals surface area contributed by atoms with Crippen LogP contribution >= 0.6 is 11.3 Å². The van der Waals surface area contributed by atoms with Crippen molar-refractivity contribution in [2.45, 2.75) is 31.4 Å². The highest BCUT2D eigenvalue weighted by Gasteiger charge is 2.23. The number of thiophene rings is 1. The first-order chi connectivity index (χ1) is 13.8. The summed E-state index contributed by atoms with van der Waals surface area (Å²) in [7, 11) is -2.50. The lowest BCUT2D eigenvalue weighted by atomic mass is 10.2. The van der Waals surface area contributed by atoms with Gasteiger partial charge in [0.25, 0.3) is 0 Å². The maximum Gasteiger partial charge on any atom is 0.338 e. The molecule has 0 aliphatic heterocycles. The number of ether oxygens (including phenoxy) is 2. The quantitative estimate of drug-likeness (QED) is 0.539. The molecule has 8 nitrogen and oxygen atoms in total. The fourth-order valence-corrected chi connectivity index (χ4v) is 4.60. The third kappa shape index (κ3) is 5.03. The third-order valence-corrected chi connectivity index (χ3v) is 6.25. The van der Waals surface area contributed by atoms with Gasteiger partial charge in [-0.2, -0.15) is 0 Å². The maximum atomic E-state index is 12.5. The summed E-state index contributed by atoms with van der Waals surface area (Å²) in [5, 5.41) is 1.91. The molecule has 2 aromatic heterocycles. The summed E-state index contributed by atoms with van der Waals surface area (Å²) in [5.74, 6) is -0.107. The van der Waals surface area contributed by atoms with E-state index in [-0.39, 0.29) is 28.9 Å². The standard InChI is InChI=1S/C19H20N2O6S2/c1-12(2)21-29(23,24)17-9-13(6-7-15(17)25-3)19(22)27-11-14-10-26-18(20-14)16-5-4-8-28-16/h4-10,12,21H,11H2,1-3H3. The number of nitrogens with zero attached hydrogens (tertiary/aromatic N) is 1. The number of oxazole rings is 1. The molecule has 1 N–H and O–H groups in total. The van der Waals surface area contributed by atoms with E-state index in [1.807, 2.05) is 17.5 Å². The zero-order valence-electron chi connectivity index (χ0n) is 16.0. The van der Waals surface area contributed by atoms with E-state index in [0.29, 0.717) is 11.6 Å². The monoisotopic (exact) mass is 436 g/mol. The molecule has 0 fully saturated rings. The van der Waals surface area contributed by atoms with E-state index in [9.17, 15) is 13.2 Å². The molecule has 0 saturated heterocycles. The molecule has 0 amide bonds. The molecule has 3 aromatic rings. The molecular formula is C19H20N2O6S2. The van der Waals surface area contributed by atoms with Gasteiger partial charge in [-0.3, -0.25) is 0 Å². The van der Waals surface area contributed by atoms with Gasteiger partial charge in [0.15, 0.2) is 0 Å². The lowest BCUT2D eigenvalue weighted by Crippen LogP contribution is -2.30. The Bertz CT molecular complexity index is 1090. The number of hydrogen-bond acceptors (Lipinski definition) is 8. The first-order valence-corrected chi connectivity index (χ1v) is 11.0. The van der Waals surface area contributed by atoms with Crippen LogP contribution in [0, 0.1) is 0 Å². The second-order valence-corrected chi connectivity index (χ2v) is 8.97. The van der Waals surface area contributed by atoms with Crippen LogP contribution in [0.4, 0.5) is 0 Å². The van der Waals surface area contributed by atoms with Crippen molar-refractivity contribution in [1.29, 1.82) is 0 Å². The average Bonchev–Trinajstić information content (AvgIpc) is 3.36. The first kappa shape index (κ1) is 21.0. The van der Waals surface area contributed by atoms with Gasteiger partial charge in [-0.15, -0.1) is 11.3 Å². The minimum absolute atomic E-state index is 0.0805. The van der Waals surface area contributed by atoms with Crippen molar-refractivity contribution in [3.63, 3.8) is 0 Å². The van der Waals surface area contributed by atoms with Gasteiger partial charge in [0.05, 0.1) is 17.6 Å². The predicted molar refractivity (Wildman–Crippen MR) is 107 cm³/mol. The van der Waals surface area contributed by atoms with Crippen molar-refractivity contribution in [1.82, 2.24) is 9.71 Å². The van der Waals surface area contributed by atoms with Gasteiger partial charge >= 0.3 is 5.97 Å². The Hall–Kier alpha value is -2.69. The van der Waals surface area contributed by atoms with Crippen molar-refractivity contribution < 1.29 is 27.1 Å². The number of aromatic nitrogens is 1. The zero-order valence-corrected chi connectivity index (χ0v) is 17.7. The molecule has 2 heterocycles. The Labute approximate surface area is 172 Å². The second-order valence-electron chi connectivity index (χ2n) is 6.34. The van der Waals surface area contributed by atoms with Crippen LogP contribution in [0.5, 0.6) is 5.75 Å². The first-order valence-electron chi connectivity index (χ1n) is 8.66. The van der Waals surface area contributed by atoms with Crippen LogP contribution in [-0.2, 0) is 21.4 Å². The normalized spacial score (nSPS) is 11.6. The minimum atomic E-state index is -3.86. The molecule has 10 heteroatoms. The number of carbonyl (C=O) groups is 1. The highest BCUT2D eigenvalue weighted by molar-refractivity contribution is 7.89. The Balaban J connectivity index is 1.75. The van der Waals surface area contributed by atoms with Crippen LogP contribution < -0.4 is 9.46 Å². The van der Waals surface area contributed by atoms with Gasteiger partial charge in [0, 0.05) is 6.04 Å². The number of rotatable bonds is 8. The summed E-state index contributed by atoms with van der Waals surface area (Å²) in [5.41, 5.74) is 0.529. The van der Waals surface area contributed by atoms with Crippen LogP contribution in [0.3, 0.4) is 0 Å². The predicted octanol–water partition coefficient (Wildman–Crippen LogP) is 3.46. The molecule has 0 bridgehead atoms. The molecule has 0 spiro atoms. The fourth-order valence-electron chi connectivity index (χ4n) is 2.50. The summed E-state index contributed by atoms with van der Waals surface area (Å²) in [6, 6.07) is 7.52. The largest absolute Gasteiger partial charge is 0.495 e. The Kier molecular flexibility index (Phi) is 6.36. The molecule has 1 aromatic carbocycles. The number of benzene rings is 1. The van der Waals surface area contributed by atoms with Gasteiger partial charge in [0.1, 0.15) is 29.2 Å². The SMILES string of the molecule is COc1ccc(C(=O)OCc2coc(-c3cccs3)n2)cc1S(=O)(=O)NC(C)C. The van der Waals surface area contributed by atoms with Crippen LogP contribution in [0.2, 0.25) is 0 Å². The Morgan fingerprint density at radius 1 is 1.31 bits per heavy atom. The lowest BCUT2D eigenvalue weighted by molar-refractivity contribution is 0.0467. The highest BCUT2D eigenvalue weighted by atomic mass is 32.2. The van der Waals surface area contributed by atoms with E-state index in [0.717, 1.165) is 4.88 Å². The minimum Gasteiger partial charge on any atom is -0.495 e. The van der Waals surface area contributed by atoms with Gasteiger partial charge in [-0.25, -0.2) is 22.9 Å². The molecule has 29 heavy (non-hydrogen) atoms. The van der Waals surface area contributed by atoms with Crippen molar-refractivity contribution in [3.05, 3.63) is 53.2 Å². The second kappa shape index (κ2) is 8.76. The molecule has 0 unspecified atom stereocenters. The van der Waals surface area contributed by atoms with Crippen molar-refractivity contribution in [3.8, 4) is 16.5 Å². The molecular weight excluding hydrogens is 416 g/mol. The number of esters is 1. The highest BCUT2D eigenvalue weighted by Crippen LogP contribution is 2.26. The number of hydrogen-bond donors (Lipinski definition) is 1. The summed E-state index contributed by atoms with van der Waals surface area (Å²) < 4.78 is 43.3. The smallest absolute Gasteiger partial charge is 0.338 e. The molecule has 0 aliphatic carbocycles. The molecule has 0 atom stereocenters. The molecule has 0 radical (unpaired) electrons. The van der Waals surface area contributed by atoms with Crippen LogP contribution in [0.25, 0.3) is 10.8 Å². The Morgan fingerprint density at radius 2 is 2.10 bits per heavy atom. The third-order valence-electron chi connectivity index (χ3n) is 3.71. The van der Waals surface area contributed by atoms with E-state index in [2.05, 4.69) is 9.71 Å². The summed E-state index contributed by atoms with van der Waals surface area (Å²) >= 11 is 1.48. The molecule has 0 aliphatic rings. The number of carbonyl (C=O) groups excluding carboxylic acids is 1. The van der Waals surface area contributed by atoms with Crippen LogP contribution in [0.15, 0.2) is 51.3 Å². The number of sulfonamides is 1. The van der Waals surface area contributed by atoms with E-state index in [4.69, 9.17) is 13.9 Å². The summed E-state index contributed by atoms with van der Waals surface area (Å²) in [4.78, 5) is 17.4. The fraction of sp³-hybridized carbons (Fsp3) is 0.263. The van der Waals surface area contributed by atoms with E-state index >= 15 is 0 Å². The van der Waals surface area contributed by atoms with Crippen molar-refractivity contribution >= 4 is 27.3 Å². The van der Waals surface area contributed by atoms with Crippen LogP contribution in [-0.4, -0.2) is 32.5 Å². The molecule has 154 valence electrons. The summed E-state index contributed by atoms with van der Waals surface area (Å²) in [6.45, 7) is 3.29. The molecule has 0 saturated carbocycles. The van der Waals surface area contributed by atoms with Crippen molar-refractivity contribution in [2.24, 2.45) is 0 Å². The van der Waals surface area contributed by atoms with E-state index in [1.165, 1.54) is 42.9 Å². The van der Waals surface area contributed by atoms with Gasteiger partial charge in [0.2, 0.25) is 15.9 Å². The van der Waals surface area contributed by atoms with Gasteiger partial charge in [-0.1, -0.05) is 6.07 Å². The van der Waals surface area contributed by atoms with Gasteiger partial charge < -0.3 is 13.9 Å². The number of methoxy groups -OCH3 is 1. The van der Waals surface area contributed by atoms with Crippen molar-refractivity contribution in [2.75, 3.05) is 7.11 Å². The molecule has 3 rings (SSSR count). The zero-order chi connectivity index (χ0) is 21.0. The lowest BCUT2D eigenvalue weighted by Gasteiger charge is -2.13. The summed E-state index contributed by atoms with van der Waals surface area (Å²) in [6.07, 6.45) is 1.42. The van der Waals surface area contributed by atoms with Gasteiger partial charge in [-0.05, 0) is 43.5 Å². The average molecular weight is 437 g/mol. The topological polar surface area (TPSA) is 108 Å². The van der Waals surface area contributed by atoms with E-state index < -0.39 is 16.0 Å².